The second-order valence-corrected chi connectivity index (χ2v) is 9.90. The minimum Gasteiger partial charge on any atom is -0.508 e. The molecule has 6 nitrogen and oxygen atoms in total. The predicted octanol–water partition coefficient (Wildman–Crippen LogP) is 3.97. The molecule has 0 spiro atoms. The standard InChI is InChI=1S/C29H36N4O2/c1-2-12-32(25-10-11-26-22(20-25)7-5-9-28(26)34)16-13-31-14-17-33(18-15-31)29(35)24-19-23-6-3-4-8-27(23)30-21-24/h3-9,19,21,25,34H,2,10-18,20H2,1H3. The van der Waals surface area contributed by atoms with Crippen molar-refractivity contribution in [1.82, 2.24) is 19.7 Å². The van der Waals surface area contributed by atoms with Crippen LogP contribution in [0.3, 0.4) is 0 Å². The van der Waals surface area contributed by atoms with Crippen molar-refractivity contribution in [2.75, 3.05) is 45.8 Å². The van der Waals surface area contributed by atoms with Crippen LogP contribution in [0.1, 0.15) is 41.3 Å². The zero-order chi connectivity index (χ0) is 24.2. The van der Waals surface area contributed by atoms with Gasteiger partial charge in [0.25, 0.3) is 5.91 Å². The lowest BCUT2D eigenvalue weighted by Crippen LogP contribution is -2.51. The van der Waals surface area contributed by atoms with E-state index < -0.39 is 0 Å². The van der Waals surface area contributed by atoms with Crippen LogP contribution >= 0.6 is 0 Å². The van der Waals surface area contributed by atoms with Gasteiger partial charge < -0.3 is 10.0 Å². The number of aromatic nitrogens is 1. The first-order valence-electron chi connectivity index (χ1n) is 13.0. The number of nitrogens with zero attached hydrogens (tertiary/aromatic N) is 4. The van der Waals surface area contributed by atoms with E-state index in [1.54, 1.807) is 6.20 Å². The third-order valence-electron chi connectivity index (χ3n) is 7.66. The average molecular weight is 473 g/mol. The molecule has 2 aliphatic rings. The lowest BCUT2D eigenvalue weighted by Gasteiger charge is -2.39. The van der Waals surface area contributed by atoms with E-state index in [1.165, 1.54) is 5.56 Å². The highest BCUT2D eigenvalue weighted by molar-refractivity contribution is 5.97. The van der Waals surface area contributed by atoms with Crippen molar-refractivity contribution in [2.24, 2.45) is 0 Å². The Bertz CT molecular complexity index is 1170. The maximum atomic E-state index is 13.1. The first kappa shape index (κ1) is 23.8. The lowest BCUT2D eigenvalue weighted by atomic mass is 9.87. The number of amides is 1. The van der Waals surface area contributed by atoms with Crippen molar-refractivity contribution >= 4 is 16.8 Å². The highest BCUT2D eigenvalue weighted by Crippen LogP contribution is 2.30. The van der Waals surface area contributed by atoms with Crippen molar-refractivity contribution in [2.45, 2.75) is 38.6 Å². The van der Waals surface area contributed by atoms with Gasteiger partial charge in [-0.2, -0.15) is 0 Å². The van der Waals surface area contributed by atoms with E-state index in [-0.39, 0.29) is 5.91 Å². The summed E-state index contributed by atoms with van der Waals surface area (Å²) in [7, 11) is 0. The van der Waals surface area contributed by atoms with Gasteiger partial charge in [0.05, 0.1) is 11.1 Å². The average Bonchev–Trinajstić information content (AvgIpc) is 2.90. The van der Waals surface area contributed by atoms with Crippen molar-refractivity contribution in [3.8, 4) is 5.75 Å². The summed E-state index contributed by atoms with van der Waals surface area (Å²) in [4.78, 5) is 24.6. The number of piperazine rings is 1. The zero-order valence-corrected chi connectivity index (χ0v) is 20.7. The molecule has 0 saturated carbocycles. The number of hydrogen-bond acceptors (Lipinski definition) is 5. The van der Waals surface area contributed by atoms with Gasteiger partial charge in [-0.3, -0.25) is 19.6 Å². The van der Waals surface area contributed by atoms with E-state index in [1.807, 2.05) is 47.4 Å². The van der Waals surface area contributed by atoms with Gasteiger partial charge in [0.15, 0.2) is 0 Å². The first-order valence-corrected chi connectivity index (χ1v) is 13.0. The minimum atomic E-state index is 0.0830. The molecule has 2 heterocycles. The van der Waals surface area contributed by atoms with Gasteiger partial charge in [-0.05, 0) is 61.6 Å². The second kappa shape index (κ2) is 10.8. The first-order chi connectivity index (χ1) is 17.1. The van der Waals surface area contributed by atoms with Crippen LogP contribution in [0.2, 0.25) is 0 Å². The molecule has 1 N–H and O–H groups in total. The molecule has 1 fully saturated rings. The molecule has 1 aliphatic carbocycles. The lowest BCUT2D eigenvalue weighted by molar-refractivity contribution is 0.0609. The Morgan fingerprint density at radius 2 is 1.91 bits per heavy atom. The van der Waals surface area contributed by atoms with Crippen LogP contribution in [-0.4, -0.2) is 82.6 Å². The van der Waals surface area contributed by atoms with E-state index in [0.29, 0.717) is 17.4 Å². The van der Waals surface area contributed by atoms with Crippen molar-refractivity contribution < 1.29 is 9.90 Å². The van der Waals surface area contributed by atoms with Crippen molar-refractivity contribution in [3.05, 3.63) is 71.4 Å². The topological polar surface area (TPSA) is 59.9 Å². The molecule has 1 saturated heterocycles. The molecule has 1 aromatic heterocycles. The van der Waals surface area contributed by atoms with Crippen molar-refractivity contribution in [3.63, 3.8) is 0 Å². The van der Waals surface area contributed by atoms with Crippen LogP contribution in [0.4, 0.5) is 0 Å². The number of aromatic hydroxyl groups is 1. The number of rotatable bonds is 7. The molecular weight excluding hydrogens is 436 g/mol. The van der Waals surface area contributed by atoms with E-state index >= 15 is 0 Å². The van der Waals surface area contributed by atoms with E-state index in [4.69, 9.17) is 0 Å². The third kappa shape index (κ3) is 5.34. The summed E-state index contributed by atoms with van der Waals surface area (Å²) >= 11 is 0. The molecular formula is C29H36N4O2. The quantitative estimate of drug-likeness (QED) is 0.564. The molecule has 6 heteroatoms. The van der Waals surface area contributed by atoms with Crippen LogP contribution in [0.15, 0.2) is 54.7 Å². The maximum Gasteiger partial charge on any atom is 0.255 e. The van der Waals surface area contributed by atoms with E-state index in [0.717, 1.165) is 88.0 Å². The number of hydrogen-bond donors (Lipinski definition) is 1. The van der Waals surface area contributed by atoms with Crippen molar-refractivity contribution in [1.29, 1.82) is 0 Å². The number of carbonyl (C=O) groups is 1. The summed E-state index contributed by atoms with van der Waals surface area (Å²) in [5.41, 5.74) is 4.04. The number of fused-ring (bicyclic) bond motifs is 2. The Labute approximate surface area is 208 Å². The van der Waals surface area contributed by atoms with Gasteiger partial charge in [0, 0.05) is 56.9 Å². The smallest absolute Gasteiger partial charge is 0.255 e. The molecule has 184 valence electrons. The molecule has 1 atom stereocenters. The molecule has 5 rings (SSSR count). The Balaban J connectivity index is 1.14. The summed E-state index contributed by atoms with van der Waals surface area (Å²) in [5.74, 6) is 0.537. The summed E-state index contributed by atoms with van der Waals surface area (Å²) in [6, 6.07) is 16.4. The monoisotopic (exact) mass is 472 g/mol. The fourth-order valence-corrected chi connectivity index (χ4v) is 5.66. The Morgan fingerprint density at radius 3 is 2.74 bits per heavy atom. The Hall–Kier alpha value is -2.96. The third-order valence-corrected chi connectivity index (χ3v) is 7.66. The van der Waals surface area contributed by atoms with Crippen LogP contribution in [0.25, 0.3) is 10.9 Å². The zero-order valence-electron chi connectivity index (χ0n) is 20.7. The number of benzene rings is 2. The Kier molecular flexibility index (Phi) is 7.30. The molecule has 2 aromatic carbocycles. The van der Waals surface area contributed by atoms with Crippen LogP contribution < -0.4 is 0 Å². The van der Waals surface area contributed by atoms with Gasteiger partial charge in [-0.25, -0.2) is 0 Å². The fraction of sp³-hybridized carbons (Fsp3) is 0.448. The number of phenolic OH excluding ortho intramolecular Hbond substituents is 1. The summed E-state index contributed by atoms with van der Waals surface area (Å²) in [5, 5.41) is 11.2. The Morgan fingerprint density at radius 1 is 1.09 bits per heavy atom. The second-order valence-electron chi connectivity index (χ2n) is 9.90. The summed E-state index contributed by atoms with van der Waals surface area (Å²) in [6.07, 6.45) is 5.93. The number of para-hydroxylation sites is 1. The normalized spacial score (nSPS) is 18.7. The van der Waals surface area contributed by atoms with Gasteiger partial charge >= 0.3 is 0 Å². The van der Waals surface area contributed by atoms with Crippen LogP contribution in [-0.2, 0) is 12.8 Å². The molecule has 0 radical (unpaired) electrons. The SMILES string of the molecule is CCCN(CCN1CCN(C(=O)c2cnc3ccccc3c2)CC1)C1CCc2c(O)cccc2C1. The van der Waals surface area contributed by atoms with Gasteiger partial charge in [-0.1, -0.05) is 37.3 Å². The van der Waals surface area contributed by atoms with E-state index in [2.05, 4.69) is 27.8 Å². The highest BCUT2D eigenvalue weighted by Gasteiger charge is 2.27. The van der Waals surface area contributed by atoms with Crippen LogP contribution in [0, 0.1) is 0 Å². The molecule has 35 heavy (non-hydrogen) atoms. The fourth-order valence-electron chi connectivity index (χ4n) is 5.66. The van der Waals surface area contributed by atoms with Crippen LogP contribution in [0.5, 0.6) is 5.75 Å². The molecule has 1 amide bonds. The molecule has 0 bridgehead atoms. The molecule has 1 unspecified atom stereocenters. The van der Waals surface area contributed by atoms with Gasteiger partial charge in [0.1, 0.15) is 5.75 Å². The molecule has 3 aromatic rings. The number of carbonyl (C=O) groups excluding carboxylic acids is 1. The van der Waals surface area contributed by atoms with Gasteiger partial charge in [-0.15, -0.1) is 0 Å². The van der Waals surface area contributed by atoms with E-state index in [9.17, 15) is 9.90 Å². The summed E-state index contributed by atoms with van der Waals surface area (Å²) in [6.45, 7) is 8.78. The summed E-state index contributed by atoms with van der Waals surface area (Å²) < 4.78 is 0. The minimum absolute atomic E-state index is 0.0830. The maximum absolute atomic E-state index is 13.1. The predicted molar refractivity (Wildman–Crippen MR) is 140 cm³/mol. The highest BCUT2D eigenvalue weighted by atomic mass is 16.3. The van der Waals surface area contributed by atoms with Gasteiger partial charge in [0.2, 0.25) is 0 Å². The number of pyridine rings is 1. The molecule has 1 aliphatic heterocycles. The number of phenols is 1. The largest absolute Gasteiger partial charge is 0.508 e.